The molecule has 12 heteroatoms. The van der Waals surface area contributed by atoms with Crippen molar-refractivity contribution in [3.8, 4) is 22.3 Å². The second kappa shape index (κ2) is 21.4. The highest BCUT2D eigenvalue weighted by molar-refractivity contribution is 6.05. The van der Waals surface area contributed by atoms with Crippen molar-refractivity contribution in [2.24, 2.45) is 0 Å². The van der Waals surface area contributed by atoms with Crippen LogP contribution in [0.25, 0.3) is 43.8 Å². The average Bonchev–Trinajstić information content (AvgIpc) is 4.11. The largest absolute Gasteiger partial charge is 0.478 e. The molecule has 2 fully saturated rings. The summed E-state index contributed by atoms with van der Waals surface area (Å²) in [7, 11) is -1.00. The molecule has 0 unspecified atom stereocenters. The Kier molecular flexibility index (Phi) is 14.4. The third-order valence-electron chi connectivity index (χ3n) is 11.5. The number of pyridine rings is 2. The van der Waals surface area contributed by atoms with Crippen LogP contribution in [0, 0.1) is 0 Å². The number of hydrogen-bond donors (Lipinski definition) is 5. The van der Waals surface area contributed by atoms with Crippen molar-refractivity contribution in [1.29, 1.82) is 0 Å². The number of nitrogens with one attached hydrogen (secondary N) is 3. The quantitative estimate of drug-likeness (QED) is 0.0988. The fourth-order valence-corrected chi connectivity index (χ4v) is 8.08. The molecule has 6 aromatic carbocycles. The van der Waals surface area contributed by atoms with E-state index < -0.39 is 13.1 Å². The lowest BCUT2D eigenvalue weighted by Gasteiger charge is -2.17. The number of nitrogens with zero attached hydrogens (tertiary/aromatic N) is 2. The van der Waals surface area contributed by atoms with Crippen molar-refractivity contribution < 1.29 is 20.5 Å². The van der Waals surface area contributed by atoms with Gasteiger partial charge in [-0.05, 0) is 133 Å². The number of fused-ring (bicyclic) bond motifs is 2. The predicted octanol–water partition coefficient (Wildman–Crippen LogP) is 10.4. The molecule has 2 saturated heterocycles. The summed E-state index contributed by atoms with van der Waals surface area (Å²) in [4.78, 5) is 57.3. The van der Waals surface area contributed by atoms with Crippen LogP contribution < -0.4 is 32.0 Å². The normalized spacial score (nSPS) is 13.1. The van der Waals surface area contributed by atoms with Gasteiger partial charge in [-0.15, -0.1) is 0 Å². The first-order valence-corrected chi connectivity index (χ1v) is 21.4. The molecular weight excluding hydrogens is 820 g/mol. The smallest absolute Gasteiger partial charge is 0.335 e. The Morgan fingerprint density at radius 3 is 1.38 bits per heavy atom. The summed E-state index contributed by atoms with van der Waals surface area (Å²) in [6.45, 7) is 4.35. The monoisotopic (exact) mass is 871 g/mol. The number of aromatic carboxylic acids is 1. The van der Waals surface area contributed by atoms with Crippen molar-refractivity contribution in [2.75, 3.05) is 54.2 Å². The van der Waals surface area contributed by atoms with Gasteiger partial charge in [-0.1, -0.05) is 60.7 Å². The number of H-pyrrole nitrogens is 2. The Labute approximate surface area is 377 Å². The minimum Gasteiger partial charge on any atom is -0.478 e. The van der Waals surface area contributed by atoms with Gasteiger partial charge in [-0.25, -0.2) is 4.79 Å². The van der Waals surface area contributed by atoms with Crippen LogP contribution >= 0.6 is 0 Å². The molecule has 2 aliphatic rings. The fourth-order valence-electron chi connectivity index (χ4n) is 8.08. The molecule has 0 atom stereocenters. The Morgan fingerprint density at radius 1 is 0.585 bits per heavy atom. The number of hydrogen-bond acceptors (Lipinski definition) is 7. The molecule has 4 heterocycles. The summed E-state index contributed by atoms with van der Waals surface area (Å²) in [5.74, 6) is -0.992. The number of carbonyl (C=O) groups excluding carboxylic acids is 1. The number of aromatic amines is 2. The van der Waals surface area contributed by atoms with Crippen LogP contribution in [0.2, 0.25) is 0 Å². The second-order valence-corrected chi connectivity index (χ2v) is 15.6. The lowest BCUT2D eigenvalue weighted by Crippen LogP contribution is -2.18. The third-order valence-corrected chi connectivity index (χ3v) is 11.5. The molecule has 6 N–H and O–H groups in total. The van der Waals surface area contributed by atoms with Crippen molar-refractivity contribution in [3.05, 3.63) is 190 Å². The number of aromatic nitrogens is 2. The van der Waals surface area contributed by atoms with E-state index in [1.165, 1.54) is 31.4 Å². The Balaban J connectivity index is 0.000000156. The zero-order chi connectivity index (χ0) is 46.4. The molecule has 10 rings (SSSR count). The van der Waals surface area contributed by atoms with Gasteiger partial charge in [0.2, 0.25) is 0 Å². The van der Waals surface area contributed by atoms with Crippen LogP contribution in [0.1, 0.15) is 47.8 Å². The lowest BCUT2D eigenvalue weighted by atomic mass is 10.0. The van der Waals surface area contributed by atoms with Crippen molar-refractivity contribution >= 4 is 56.2 Å². The number of carbonyl (C=O) groups is 2. The lowest BCUT2D eigenvalue weighted by molar-refractivity contribution is 0.0696. The van der Waals surface area contributed by atoms with E-state index in [0.29, 0.717) is 21.9 Å². The first-order valence-electron chi connectivity index (χ1n) is 22.1. The zero-order valence-electron chi connectivity index (χ0n) is 36.8. The first kappa shape index (κ1) is 43.7. The summed E-state index contributed by atoms with van der Waals surface area (Å²) >= 11 is 0. The molecule has 11 nitrogen and oxygen atoms in total. The van der Waals surface area contributed by atoms with Gasteiger partial charge in [0.1, 0.15) is 0 Å². The number of halogens is 1. The van der Waals surface area contributed by atoms with Gasteiger partial charge in [0.25, 0.3) is 17.0 Å². The van der Waals surface area contributed by atoms with Crippen LogP contribution in [0.5, 0.6) is 0 Å². The molecule has 8 aromatic rings. The van der Waals surface area contributed by atoms with E-state index >= 15 is 0 Å². The maximum absolute atomic E-state index is 12.6. The van der Waals surface area contributed by atoms with Crippen LogP contribution in [-0.2, 0) is 0 Å². The van der Waals surface area contributed by atoms with E-state index in [0.717, 1.165) is 76.3 Å². The number of amides is 1. The molecule has 0 spiro atoms. The molecule has 330 valence electrons. The number of benzene rings is 6. The standard InChI is InChI=1S/C26H23N3O2.C15H12N2O.C11H13NO2.CH3F/c30-25(19-9-13-21(14-10-19)29-15-3-4-16-29)28-20-11-7-18(8-12-20)24-17-27-26(31)23-6-2-1-5-22(23)24;16-11-7-5-10(6-8-11)14-9-17-15(18)13-4-2-1-3-12(13)14;13-11(14)9-3-5-10(6-4-9)12-7-1-2-8-12;1-2/h1-2,5-14,17H,3-4,15-16H2,(H,27,31)(H,28,30);1-9H,16H2,(H,17,18);3-6H,1-2,7-8H2,(H,13,14);1H3/i;;;1D. The zero-order valence-corrected chi connectivity index (χ0v) is 35.8. The Bertz CT molecular complexity index is 3000. The summed E-state index contributed by atoms with van der Waals surface area (Å²) in [6.07, 6.45) is 8.41. The van der Waals surface area contributed by atoms with Gasteiger partial charge < -0.3 is 35.9 Å². The van der Waals surface area contributed by atoms with Crippen LogP contribution in [0.15, 0.2) is 168 Å². The highest BCUT2D eigenvalue weighted by atomic mass is 19.1. The summed E-state index contributed by atoms with van der Waals surface area (Å²) in [6, 6.07) is 45.3. The Hall–Kier alpha value is -7.99. The molecule has 0 bridgehead atoms. The SMILES string of the molecule is Nc1ccc(-c2c[nH]c(=O)c3ccccc23)cc1.O=C(Nc1ccc(-c2c[nH]c(=O)c3ccccc23)cc1)c1ccc(N2CCCC2)cc1.O=C(O)c1ccc(N2CCCC2)cc1.[2H]CF. The van der Waals surface area contributed by atoms with Crippen molar-refractivity contribution in [2.45, 2.75) is 25.7 Å². The summed E-state index contributed by atoms with van der Waals surface area (Å²) in [5, 5.41) is 14.9. The molecule has 2 aliphatic heterocycles. The van der Waals surface area contributed by atoms with E-state index in [4.69, 9.17) is 12.2 Å². The number of carboxylic acids is 1. The van der Waals surface area contributed by atoms with Crippen molar-refractivity contribution in [3.63, 3.8) is 0 Å². The molecule has 0 saturated carbocycles. The minimum absolute atomic E-state index is 0.0650. The van der Waals surface area contributed by atoms with E-state index in [1.807, 2.05) is 133 Å². The first-order chi connectivity index (χ1) is 32.1. The molecule has 0 aliphatic carbocycles. The van der Waals surface area contributed by atoms with Gasteiger partial charge in [-0.2, -0.15) is 0 Å². The van der Waals surface area contributed by atoms with Gasteiger partial charge in [-0.3, -0.25) is 18.8 Å². The minimum atomic E-state index is -1.00. The van der Waals surface area contributed by atoms with Gasteiger partial charge in [0.15, 0.2) is 0 Å². The second-order valence-electron chi connectivity index (χ2n) is 15.6. The maximum atomic E-state index is 12.6. The highest BCUT2D eigenvalue weighted by Gasteiger charge is 2.15. The molecule has 65 heavy (non-hydrogen) atoms. The number of nitrogen functional groups attached to an aromatic ring is 1. The van der Waals surface area contributed by atoms with Gasteiger partial charge in [0, 0.05) is 88.8 Å². The molecule has 0 radical (unpaired) electrons. The topological polar surface area (TPSA) is 165 Å². The number of carboxylic acid groups (broad SMARTS) is 1. The van der Waals surface area contributed by atoms with E-state index in [9.17, 15) is 23.6 Å². The maximum Gasteiger partial charge on any atom is 0.335 e. The van der Waals surface area contributed by atoms with E-state index in [1.54, 1.807) is 24.5 Å². The number of alkyl halides is 1. The molecule has 2 aromatic heterocycles. The molecular formula is C53H51FN6O5. The number of rotatable bonds is 7. The Morgan fingerprint density at radius 2 is 0.969 bits per heavy atom. The average molecular weight is 872 g/mol. The summed E-state index contributed by atoms with van der Waals surface area (Å²) in [5.41, 5.74) is 14.2. The highest BCUT2D eigenvalue weighted by Crippen LogP contribution is 2.29. The molecule has 1 amide bonds. The summed E-state index contributed by atoms with van der Waals surface area (Å²) < 4.78 is 15.5. The van der Waals surface area contributed by atoms with Crippen LogP contribution in [0.4, 0.5) is 27.1 Å². The fraction of sp³-hybridized carbons (Fsp3) is 0.170. The third kappa shape index (κ3) is 11.0. The van der Waals surface area contributed by atoms with E-state index in [2.05, 4.69) is 25.1 Å². The van der Waals surface area contributed by atoms with Gasteiger partial charge in [0.05, 0.1) is 14.1 Å². The number of anilines is 4. The van der Waals surface area contributed by atoms with Crippen LogP contribution in [-0.4, -0.2) is 60.3 Å². The number of nitrogens with two attached hydrogens (primary N) is 1. The van der Waals surface area contributed by atoms with Gasteiger partial charge >= 0.3 is 5.97 Å². The van der Waals surface area contributed by atoms with E-state index in [-0.39, 0.29) is 17.0 Å². The predicted molar refractivity (Wildman–Crippen MR) is 262 cm³/mol. The van der Waals surface area contributed by atoms with Crippen molar-refractivity contribution in [1.82, 2.24) is 9.97 Å². The van der Waals surface area contributed by atoms with Crippen LogP contribution in [0.3, 0.4) is 0 Å².